The molecule has 8 heavy (non-hydrogen) atoms. The minimum atomic E-state index is 0.287. The van der Waals surface area contributed by atoms with Gasteiger partial charge < -0.3 is 0 Å². The smallest absolute Gasteiger partial charge is 0.207 e. The second kappa shape index (κ2) is 4.20. The van der Waals surface area contributed by atoms with Crippen molar-refractivity contribution in [3.63, 3.8) is 0 Å². The van der Waals surface area contributed by atoms with Crippen LogP contribution in [0.2, 0.25) is 0 Å². The van der Waals surface area contributed by atoms with Crippen LogP contribution in [0.1, 0.15) is 0 Å². The molecule has 44 valence electrons. The number of hydrogen-bond donors (Lipinski definition) is 2. The van der Waals surface area contributed by atoms with Crippen LogP contribution in [0.4, 0.5) is 0 Å². The lowest BCUT2D eigenvalue weighted by Crippen LogP contribution is -2.26. The van der Waals surface area contributed by atoms with Crippen LogP contribution in [-0.2, 0) is 0 Å². The summed E-state index contributed by atoms with van der Waals surface area (Å²) >= 11 is 4.56. The Labute approximate surface area is 52.7 Å². The minimum Gasteiger partial charge on any atom is -0.253 e. The fraction of sp³-hybridized carbons (Fsp3) is 0. The molecular formula is C3H6N4S. The van der Waals surface area contributed by atoms with E-state index in [1.807, 2.05) is 0 Å². The molecule has 0 rings (SSSR count). The number of rotatable bonds is 2. The Morgan fingerprint density at radius 1 is 1.25 bits per heavy atom. The number of hydrazone groups is 2. The van der Waals surface area contributed by atoms with Gasteiger partial charge in [-0.2, -0.15) is 10.2 Å². The maximum absolute atomic E-state index is 4.56. The first-order valence-corrected chi connectivity index (χ1v) is 2.19. The molecule has 0 aliphatic rings. The first kappa shape index (κ1) is 7.03. The number of nitrogens with one attached hydrogen (secondary N) is 2. The molecule has 5 heteroatoms. The molecule has 0 atom stereocenters. The molecule has 0 saturated carbocycles. The summed E-state index contributed by atoms with van der Waals surface area (Å²) in [6.45, 7) is 6.26. The summed E-state index contributed by atoms with van der Waals surface area (Å²) in [7, 11) is 0. The summed E-state index contributed by atoms with van der Waals surface area (Å²) in [5.74, 6) is 0. The monoisotopic (exact) mass is 130 g/mol. The predicted molar refractivity (Wildman–Crippen MR) is 38.0 cm³/mol. The van der Waals surface area contributed by atoms with Gasteiger partial charge in [0.25, 0.3) is 0 Å². The maximum Gasteiger partial charge on any atom is 0.207 e. The van der Waals surface area contributed by atoms with Crippen molar-refractivity contribution in [3.05, 3.63) is 0 Å². The molecule has 0 aromatic rings. The van der Waals surface area contributed by atoms with Gasteiger partial charge in [0.1, 0.15) is 0 Å². The molecule has 0 saturated heterocycles. The van der Waals surface area contributed by atoms with Crippen LogP contribution in [0.25, 0.3) is 0 Å². The Hall–Kier alpha value is -0.970. The number of thiocarbonyl (C=S) groups is 1. The molecule has 0 aliphatic heterocycles. The van der Waals surface area contributed by atoms with Crippen molar-refractivity contribution >= 4 is 30.8 Å². The highest BCUT2D eigenvalue weighted by molar-refractivity contribution is 7.80. The van der Waals surface area contributed by atoms with Crippen molar-refractivity contribution in [3.8, 4) is 0 Å². The quantitative estimate of drug-likeness (QED) is 0.306. The zero-order chi connectivity index (χ0) is 6.41. The van der Waals surface area contributed by atoms with E-state index >= 15 is 0 Å². The van der Waals surface area contributed by atoms with Gasteiger partial charge in [0.2, 0.25) is 5.11 Å². The molecular weight excluding hydrogens is 124 g/mol. The largest absolute Gasteiger partial charge is 0.253 e. The van der Waals surface area contributed by atoms with Gasteiger partial charge in [0.15, 0.2) is 0 Å². The average Bonchev–Trinajstić information content (AvgIpc) is 1.68. The van der Waals surface area contributed by atoms with Gasteiger partial charge in [0, 0.05) is 13.4 Å². The topological polar surface area (TPSA) is 48.8 Å². The zero-order valence-corrected chi connectivity index (χ0v) is 5.03. The van der Waals surface area contributed by atoms with E-state index in [0.29, 0.717) is 0 Å². The number of hydrogen-bond acceptors (Lipinski definition) is 3. The van der Waals surface area contributed by atoms with Crippen LogP contribution in [0.3, 0.4) is 0 Å². The van der Waals surface area contributed by atoms with E-state index < -0.39 is 0 Å². The van der Waals surface area contributed by atoms with Gasteiger partial charge in [-0.15, -0.1) is 0 Å². The normalized spacial score (nSPS) is 7.00. The van der Waals surface area contributed by atoms with Gasteiger partial charge in [-0.3, -0.25) is 10.9 Å². The van der Waals surface area contributed by atoms with Crippen LogP contribution in [0, 0.1) is 0 Å². The molecule has 0 spiro atoms. The standard InChI is InChI=1S/C3H6N4S/c1-4-6-3(8)7-5-2/h1-2H2,(H2,6,7,8). The summed E-state index contributed by atoms with van der Waals surface area (Å²) < 4.78 is 0. The van der Waals surface area contributed by atoms with E-state index in [2.05, 4.69) is 46.7 Å². The van der Waals surface area contributed by atoms with Crippen molar-refractivity contribution in [1.82, 2.24) is 10.9 Å². The lowest BCUT2D eigenvalue weighted by Gasteiger charge is -1.96. The molecule has 0 radical (unpaired) electrons. The van der Waals surface area contributed by atoms with Gasteiger partial charge >= 0.3 is 0 Å². The summed E-state index contributed by atoms with van der Waals surface area (Å²) in [4.78, 5) is 0. The third-order valence-electron chi connectivity index (χ3n) is 0.361. The third kappa shape index (κ3) is 3.23. The molecule has 0 heterocycles. The van der Waals surface area contributed by atoms with Crippen molar-refractivity contribution in [2.45, 2.75) is 0 Å². The minimum absolute atomic E-state index is 0.287. The molecule has 0 unspecified atom stereocenters. The van der Waals surface area contributed by atoms with Gasteiger partial charge in [-0.1, -0.05) is 0 Å². The Kier molecular flexibility index (Phi) is 3.69. The Morgan fingerprint density at radius 2 is 1.62 bits per heavy atom. The molecule has 0 aromatic heterocycles. The average molecular weight is 130 g/mol. The molecule has 0 aromatic carbocycles. The fourth-order valence-corrected chi connectivity index (χ4v) is 0.298. The van der Waals surface area contributed by atoms with E-state index in [1.165, 1.54) is 0 Å². The Balaban J connectivity index is 3.32. The Bertz CT molecular complexity index is 97.9. The van der Waals surface area contributed by atoms with Crippen molar-refractivity contribution in [1.29, 1.82) is 0 Å². The lowest BCUT2D eigenvalue weighted by atomic mass is 11.2. The maximum atomic E-state index is 4.56. The first-order valence-electron chi connectivity index (χ1n) is 1.78. The van der Waals surface area contributed by atoms with Crippen LogP contribution in [-0.4, -0.2) is 18.5 Å². The summed E-state index contributed by atoms with van der Waals surface area (Å²) in [6, 6.07) is 0. The summed E-state index contributed by atoms with van der Waals surface area (Å²) in [5, 5.41) is 6.81. The van der Waals surface area contributed by atoms with Crippen molar-refractivity contribution in [2.24, 2.45) is 10.2 Å². The predicted octanol–water partition coefficient (Wildman–Crippen LogP) is -0.318. The van der Waals surface area contributed by atoms with E-state index in [0.717, 1.165) is 0 Å². The molecule has 0 amide bonds. The van der Waals surface area contributed by atoms with E-state index in [9.17, 15) is 0 Å². The third-order valence-corrected chi connectivity index (χ3v) is 0.544. The van der Waals surface area contributed by atoms with E-state index in [1.54, 1.807) is 0 Å². The summed E-state index contributed by atoms with van der Waals surface area (Å²) in [6.07, 6.45) is 0. The van der Waals surface area contributed by atoms with Gasteiger partial charge in [-0.05, 0) is 12.2 Å². The highest BCUT2D eigenvalue weighted by atomic mass is 32.1. The van der Waals surface area contributed by atoms with Crippen LogP contribution in [0.15, 0.2) is 10.2 Å². The molecule has 0 fully saturated rings. The SMILES string of the molecule is C=NNC(=S)NN=C. The zero-order valence-electron chi connectivity index (χ0n) is 4.22. The Morgan fingerprint density at radius 3 is 1.88 bits per heavy atom. The van der Waals surface area contributed by atoms with E-state index in [-0.39, 0.29) is 5.11 Å². The number of nitrogens with zero attached hydrogens (tertiary/aromatic N) is 2. The van der Waals surface area contributed by atoms with Crippen LogP contribution in [0.5, 0.6) is 0 Å². The van der Waals surface area contributed by atoms with Gasteiger partial charge in [0.05, 0.1) is 0 Å². The van der Waals surface area contributed by atoms with Crippen molar-refractivity contribution < 1.29 is 0 Å². The molecule has 4 nitrogen and oxygen atoms in total. The van der Waals surface area contributed by atoms with Crippen molar-refractivity contribution in [2.75, 3.05) is 0 Å². The molecule has 0 bridgehead atoms. The van der Waals surface area contributed by atoms with Gasteiger partial charge in [-0.25, -0.2) is 0 Å². The lowest BCUT2D eigenvalue weighted by molar-refractivity contribution is 0.940. The highest BCUT2D eigenvalue weighted by Gasteiger charge is 1.82. The molecule has 0 aliphatic carbocycles. The highest BCUT2D eigenvalue weighted by Crippen LogP contribution is 1.61. The molecule has 2 N–H and O–H groups in total. The van der Waals surface area contributed by atoms with E-state index in [4.69, 9.17) is 0 Å². The summed E-state index contributed by atoms with van der Waals surface area (Å²) in [5.41, 5.74) is 4.69. The van der Waals surface area contributed by atoms with Crippen LogP contribution < -0.4 is 10.9 Å². The van der Waals surface area contributed by atoms with Crippen LogP contribution >= 0.6 is 12.2 Å². The second-order valence-corrected chi connectivity index (χ2v) is 1.28. The second-order valence-electron chi connectivity index (χ2n) is 0.869. The first-order chi connectivity index (χ1) is 3.81. The fourth-order valence-electron chi connectivity index (χ4n) is 0.169.